The highest BCUT2D eigenvalue weighted by molar-refractivity contribution is 5.90. The Morgan fingerprint density at radius 2 is 2.17 bits per heavy atom. The number of aromatic nitrogens is 6. The molecule has 3 aromatic rings. The van der Waals surface area contributed by atoms with E-state index in [4.69, 9.17) is 0 Å². The molecule has 4 heterocycles. The zero-order valence-electron chi connectivity index (χ0n) is 13.1. The fourth-order valence-electron chi connectivity index (χ4n) is 2.84. The molecule has 0 bridgehead atoms. The van der Waals surface area contributed by atoms with E-state index >= 15 is 0 Å². The predicted molar refractivity (Wildman–Crippen MR) is 84.7 cm³/mol. The molecule has 0 radical (unpaired) electrons. The largest absolute Gasteiger partial charge is 0.331 e. The summed E-state index contributed by atoms with van der Waals surface area (Å²) in [5, 5.41) is 4.10. The molecule has 0 fully saturated rings. The molecule has 24 heavy (non-hydrogen) atoms. The highest BCUT2D eigenvalue weighted by Gasteiger charge is 2.27. The van der Waals surface area contributed by atoms with Crippen LogP contribution < -0.4 is 0 Å². The van der Waals surface area contributed by atoms with Crippen molar-refractivity contribution < 1.29 is 4.79 Å². The smallest absolute Gasteiger partial charge is 0.293 e. The summed E-state index contributed by atoms with van der Waals surface area (Å²) in [6.07, 6.45) is 7.27. The van der Waals surface area contributed by atoms with E-state index in [1.807, 2.05) is 12.1 Å². The molecule has 8 nitrogen and oxygen atoms in total. The monoisotopic (exact) mass is 321 g/mol. The van der Waals surface area contributed by atoms with Gasteiger partial charge >= 0.3 is 0 Å². The first-order valence-electron chi connectivity index (χ1n) is 7.60. The molecule has 0 saturated carbocycles. The van der Waals surface area contributed by atoms with Crippen molar-refractivity contribution in [3.63, 3.8) is 0 Å². The van der Waals surface area contributed by atoms with Gasteiger partial charge in [0.05, 0.1) is 17.9 Å². The molecule has 0 aliphatic carbocycles. The molecular weight excluding hydrogens is 306 g/mol. The Hall–Kier alpha value is -3.16. The van der Waals surface area contributed by atoms with Gasteiger partial charge in [0.15, 0.2) is 0 Å². The molecule has 4 rings (SSSR count). The summed E-state index contributed by atoms with van der Waals surface area (Å²) in [6, 6.07) is 3.82. The second kappa shape index (κ2) is 5.80. The zero-order chi connectivity index (χ0) is 16.5. The number of pyridine rings is 1. The zero-order valence-corrected chi connectivity index (χ0v) is 13.1. The van der Waals surface area contributed by atoms with Gasteiger partial charge in [0.1, 0.15) is 12.7 Å². The van der Waals surface area contributed by atoms with Gasteiger partial charge < -0.3 is 4.90 Å². The maximum atomic E-state index is 12.6. The van der Waals surface area contributed by atoms with Gasteiger partial charge in [0, 0.05) is 43.5 Å². The third-order valence-electron chi connectivity index (χ3n) is 4.02. The molecule has 0 saturated heterocycles. The number of hydrogen-bond donors (Lipinski definition) is 0. The minimum Gasteiger partial charge on any atom is -0.331 e. The van der Waals surface area contributed by atoms with E-state index in [2.05, 4.69) is 25.0 Å². The summed E-state index contributed by atoms with van der Waals surface area (Å²) in [6.45, 7) is 1.03. The van der Waals surface area contributed by atoms with Crippen LogP contribution in [0.3, 0.4) is 0 Å². The van der Waals surface area contributed by atoms with E-state index < -0.39 is 0 Å². The maximum Gasteiger partial charge on any atom is 0.293 e. The number of aryl methyl sites for hydroxylation is 1. The SMILES string of the molecule is Cn1cnc(C(=O)N2CCc3ncnc(-c4cccnc4)c3C2)n1. The number of carbonyl (C=O) groups is 1. The molecule has 120 valence electrons. The lowest BCUT2D eigenvalue weighted by atomic mass is 10.00. The average Bonchev–Trinajstić information content (AvgIpc) is 3.07. The first-order chi connectivity index (χ1) is 11.7. The summed E-state index contributed by atoms with van der Waals surface area (Å²) in [5.41, 5.74) is 3.67. The molecular formula is C16H15N7O. The number of amides is 1. The first-order valence-corrected chi connectivity index (χ1v) is 7.60. The summed E-state index contributed by atoms with van der Waals surface area (Å²) >= 11 is 0. The van der Waals surface area contributed by atoms with Crippen molar-refractivity contribution in [1.29, 1.82) is 0 Å². The van der Waals surface area contributed by atoms with Gasteiger partial charge in [0.25, 0.3) is 5.91 Å². The van der Waals surface area contributed by atoms with Crippen molar-refractivity contribution in [2.75, 3.05) is 6.54 Å². The van der Waals surface area contributed by atoms with Crippen LogP contribution in [0, 0.1) is 0 Å². The van der Waals surface area contributed by atoms with Crippen molar-refractivity contribution in [3.8, 4) is 11.3 Å². The van der Waals surface area contributed by atoms with Crippen LogP contribution in [0.2, 0.25) is 0 Å². The minimum absolute atomic E-state index is 0.178. The van der Waals surface area contributed by atoms with E-state index in [9.17, 15) is 4.79 Å². The number of carbonyl (C=O) groups excluding carboxylic acids is 1. The van der Waals surface area contributed by atoms with Gasteiger partial charge in [-0.25, -0.2) is 15.0 Å². The third kappa shape index (κ3) is 2.51. The Labute approximate surface area is 138 Å². The van der Waals surface area contributed by atoms with E-state index in [1.165, 1.54) is 11.0 Å². The Morgan fingerprint density at radius 3 is 2.92 bits per heavy atom. The Balaban J connectivity index is 1.68. The van der Waals surface area contributed by atoms with Crippen molar-refractivity contribution >= 4 is 5.91 Å². The quantitative estimate of drug-likeness (QED) is 0.695. The molecule has 0 aromatic carbocycles. The number of hydrogen-bond acceptors (Lipinski definition) is 6. The average molecular weight is 321 g/mol. The van der Waals surface area contributed by atoms with Crippen LogP contribution in [0.1, 0.15) is 21.9 Å². The third-order valence-corrected chi connectivity index (χ3v) is 4.02. The van der Waals surface area contributed by atoms with Gasteiger partial charge in [-0.15, -0.1) is 5.10 Å². The summed E-state index contributed by atoms with van der Waals surface area (Å²) in [4.78, 5) is 31.3. The fourth-order valence-corrected chi connectivity index (χ4v) is 2.84. The van der Waals surface area contributed by atoms with Crippen molar-refractivity contribution in [1.82, 2.24) is 34.6 Å². The van der Waals surface area contributed by atoms with E-state index in [0.29, 0.717) is 19.5 Å². The molecule has 1 aliphatic heterocycles. The number of rotatable bonds is 2. The van der Waals surface area contributed by atoms with Gasteiger partial charge in [-0.3, -0.25) is 14.5 Å². The van der Waals surface area contributed by atoms with Crippen molar-refractivity contribution in [2.24, 2.45) is 7.05 Å². The van der Waals surface area contributed by atoms with E-state index in [0.717, 1.165) is 22.5 Å². The normalized spacial score (nSPS) is 13.6. The van der Waals surface area contributed by atoms with E-state index in [-0.39, 0.29) is 11.7 Å². The van der Waals surface area contributed by atoms with Gasteiger partial charge in [-0.1, -0.05) is 0 Å². The topological polar surface area (TPSA) is 89.7 Å². The van der Waals surface area contributed by atoms with Gasteiger partial charge in [-0.2, -0.15) is 0 Å². The lowest BCUT2D eigenvalue weighted by molar-refractivity contribution is 0.0721. The Bertz CT molecular complexity index is 890. The number of fused-ring (bicyclic) bond motifs is 1. The second-order valence-corrected chi connectivity index (χ2v) is 5.61. The number of nitrogens with zero attached hydrogens (tertiary/aromatic N) is 7. The Kier molecular flexibility index (Phi) is 3.49. The van der Waals surface area contributed by atoms with Gasteiger partial charge in [-0.05, 0) is 12.1 Å². The molecule has 8 heteroatoms. The molecule has 0 unspecified atom stereocenters. The second-order valence-electron chi connectivity index (χ2n) is 5.61. The van der Waals surface area contributed by atoms with Crippen LogP contribution in [-0.2, 0) is 20.0 Å². The molecule has 1 aliphatic rings. The maximum absolute atomic E-state index is 12.6. The highest BCUT2D eigenvalue weighted by Crippen LogP contribution is 2.27. The van der Waals surface area contributed by atoms with Crippen LogP contribution in [0.5, 0.6) is 0 Å². The van der Waals surface area contributed by atoms with Crippen LogP contribution in [0.25, 0.3) is 11.3 Å². The highest BCUT2D eigenvalue weighted by atomic mass is 16.2. The van der Waals surface area contributed by atoms with Crippen molar-refractivity contribution in [3.05, 3.63) is 54.3 Å². The van der Waals surface area contributed by atoms with E-state index in [1.54, 1.807) is 30.7 Å². The van der Waals surface area contributed by atoms with Crippen LogP contribution in [-0.4, -0.2) is 47.1 Å². The molecule has 1 amide bonds. The molecule has 0 atom stereocenters. The van der Waals surface area contributed by atoms with Crippen LogP contribution in [0.15, 0.2) is 37.2 Å². The fraction of sp³-hybridized carbons (Fsp3) is 0.250. The molecule has 0 N–H and O–H groups in total. The first kappa shape index (κ1) is 14.4. The molecule has 3 aromatic heterocycles. The van der Waals surface area contributed by atoms with Crippen LogP contribution >= 0.6 is 0 Å². The summed E-state index contributed by atoms with van der Waals surface area (Å²) in [5.74, 6) is 0.0305. The summed E-state index contributed by atoms with van der Waals surface area (Å²) < 4.78 is 1.52. The predicted octanol–water partition coefficient (Wildman–Crippen LogP) is 0.866. The van der Waals surface area contributed by atoms with Gasteiger partial charge in [0.2, 0.25) is 5.82 Å². The Morgan fingerprint density at radius 1 is 1.25 bits per heavy atom. The molecule has 0 spiro atoms. The van der Waals surface area contributed by atoms with Crippen molar-refractivity contribution in [2.45, 2.75) is 13.0 Å². The standard InChI is InChI=1S/C16H15N7O/c1-22-10-20-15(21-22)16(24)23-6-4-13-12(8-23)14(19-9-18-13)11-3-2-5-17-7-11/h2-3,5,7,9-10H,4,6,8H2,1H3. The summed E-state index contributed by atoms with van der Waals surface area (Å²) in [7, 11) is 1.74. The van der Waals surface area contributed by atoms with Crippen LogP contribution in [0.4, 0.5) is 0 Å². The minimum atomic E-state index is -0.178. The lowest BCUT2D eigenvalue weighted by Crippen LogP contribution is -2.37. The lowest BCUT2D eigenvalue weighted by Gasteiger charge is -2.28.